The fourth-order valence-electron chi connectivity index (χ4n) is 4.61. The smallest absolute Gasteiger partial charge is 0.322 e. The summed E-state index contributed by atoms with van der Waals surface area (Å²) in [5.74, 6) is 1.36. The van der Waals surface area contributed by atoms with E-state index in [2.05, 4.69) is 15.2 Å². The van der Waals surface area contributed by atoms with Gasteiger partial charge in [-0.3, -0.25) is 4.79 Å². The summed E-state index contributed by atoms with van der Waals surface area (Å²) in [6.07, 6.45) is 9.76. The van der Waals surface area contributed by atoms with Gasteiger partial charge < -0.3 is 20.0 Å². The van der Waals surface area contributed by atoms with Gasteiger partial charge in [-0.05, 0) is 37.8 Å². The van der Waals surface area contributed by atoms with Gasteiger partial charge in [-0.1, -0.05) is 19.3 Å². The first-order valence-electron chi connectivity index (χ1n) is 10.8. The van der Waals surface area contributed by atoms with Crippen LogP contribution in [0.25, 0.3) is 0 Å². The van der Waals surface area contributed by atoms with Crippen LogP contribution in [0.1, 0.15) is 44.9 Å². The molecule has 3 amide bonds. The van der Waals surface area contributed by atoms with Crippen molar-refractivity contribution in [2.45, 2.75) is 44.9 Å². The maximum atomic E-state index is 12.8. The lowest BCUT2D eigenvalue weighted by atomic mass is 9.88. The molecule has 4 rings (SSSR count). The molecule has 1 saturated carbocycles. The van der Waals surface area contributed by atoms with Gasteiger partial charge in [-0.2, -0.15) is 0 Å². The number of hydrogen-bond acceptors (Lipinski definition) is 4. The van der Waals surface area contributed by atoms with Crippen LogP contribution in [0.3, 0.4) is 0 Å². The maximum Gasteiger partial charge on any atom is 0.322 e. The van der Waals surface area contributed by atoms with Crippen LogP contribution in [0.5, 0.6) is 0 Å². The summed E-state index contributed by atoms with van der Waals surface area (Å²) in [6, 6.07) is 3.68. The van der Waals surface area contributed by atoms with Gasteiger partial charge in [0.15, 0.2) is 5.82 Å². The summed E-state index contributed by atoms with van der Waals surface area (Å²) < 4.78 is 0. The molecular weight excluding hydrogens is 354 g/mol. The number of hydrogen-bond donors (Lipinski definition) is 1. The first-order chi connectivity index (χ1) is 13.7. The maximum absolute atomic E-state index is 12.8. The van der Waals surface area contributed by atoms with Crippen LogP contribution in [0.2, 0.25) is 0 Å². The van der Waals surface area contributed by atoms with Gasteiger partial charge in [-0.15, -0.1) is 0 Å². The summed E-state index contributed by atoms with van der Waals surface area (Å²) in [5.41, 5.74) is 0.773. The molecule has 152 valence electrons. The number of nitrogens with one attached hydrogen (secondary N) is 1. The average molecular weight is 386 g/mol. The number of urea groups is 1. The molecule has 3 heterocycles. The molecule has 0 radical (unpaired) electrons. The fraction of sp³-hybridized carbons (Fsp3) is 0.667. The normalized spacial score (nSPS) is 21.1. The lowest BCUT2D eigenvalue weighted by molar-refractivity contribution is -0.138. The highest BCUT2D eigenvalue weighted by Gasteiger charge is 2.30. The van der Waals surface area contributed by atoms with Gasteiger partial charge in [0.2, 0.25) is 5.91 Å². The third kappa shape index (κ3) is 4.23. The summed E-state index contributed by atoms with van der Waals surface area (Å²) in [4.78, 5) is 36.0. The first kappa shape index (κ1) is 19.0. The average Bonchev–Trinajstić information content (AvgIpc) is 3.29. The standard InChI is InChI=1S/C21H31N5O2/c27-20(17-7-2-1-3-8-17)25-13-15-26(16-14-25)21(28)23-18-9-6-10-22-19(18)24-11-4-5-12-24/h6,9-10,17H,1-5,7-8,11-16H2,(H,23,28). The molecule has 0 unspecified atom stereocenters. The second-order valence-corrected chi connectivity index (χ2v) is 8.15. The minimum absolute atomic E-state index is 0.0989. The molecule has 0 aromatic carbocycles. The zero-order valence-electron chi connectivity index (χ0n) is 16.6. The van der Waals surface area contributed by atoms with Crippen molar-refractivity contribution in [2.75, 3.05) is 49.5 Å². The topological polar surface area (TPSA) is 68.8 Å². The van der Waals surface area contributed by atoms with Crippen LogP contribution in [0, 0.1) is 5.92 Å². The van der Waals surface area contributed by atoms with Gasteiger partial charge in [0.1, 0.15) is 0 Å². The molecule has 3 fully saturated rings. The number of carbonyl (C=O) groups excluding carboxylic acids is 2. The van der Waals surface area contributed by atoms with Crippen LogP contribution in [0.4, 0.5) is 16.3 Å². The van der Waals surface area contributed by atoms with Crippen molar-refractivity contribution >= 4 is 23.4 Å². The SMILES string of the molecule is O=C(Nc1cccnc1N1CCCC1)N1CCN(C(=O)C2CCCCC2)CC1. The van der Waals surface area contributed by atoms with Crippen molar-refractivity contribution in [2.24, 2.45) is 5.92 Å². The summed E-state index contributed by atoms with van der Waals surface area (Å²) in [6.45, 7) is 4.42. The molecule has 7 heteroatoms. The Kier molecular flexibility index (Phi) is 5.98. The Hall–Kier alpha value is -2.31. The second-order valence-electron chi connectivity index (χ2n) is 8.15. The van der Waals surface area contributed by atoms with Crippen LogP contribution in [-0.2, 0) is 4.79 Å². The minimum Gasteiger partial charge on any atom is -0.355 e. The van der Waals surface area contributed by atoms with E-state index in [1.807, 2.05) is 21.9 Å². The van der Waals surface area contributed by atoms with E-state index in [-0.39, 0.29) is 11.9 Å². The van der Waals surface area contributed by atoms with E-state index in [0.717, 1.165) is 37.4 Å². The number of amides is 3. The van der Waals surface area contributed by atoms with Crippen molar-refractivity contribution < 1.29 is 9.59 Å². The first-order valence-corrected chi connectivity index (χ1v) is 10.8. The van der Waals surface area contributed by atoms with Crippen molar-refractivity contribution in [3.8, 4) is 0 Å². The highest BCUT2D eigenvalue weighted by Crippen LogP contribution is 2.27. The number of pyridine rings is 1. The summed E-state index contributed by atoms with van der Waals surface area (Å²) in [5, 5.41) is 3.04. The van der Waals surface area contributed by atoms with E-state index in [9.17, 15) is 9.59 Å². The molecule has 1 aliphatic carbocycles. The molecule has 1 aromatic heterocycles. The third-order valence-electron chi connectivity index (χ3n) is 6.27. The Balaban J connectivity index is 1.31. The zero-order chi connectivity index (χ0) is 19.3. The Bertz CT molecular complexity index is 690. The predicted molar refractivity (Wildman–Crippen MR) is 109 cm³/mol. The molecule has 1 N–H and O–H groups in total. The Morgan fingerprint density at radius 1 is 0.893 bits per heavy atom. The van der Waals surface area contributed by atoms with E-state index >= 15 is 0 Å². The van der Waals surface area contributed by atoms with Crippen LogP contribution >= 0.6 is 0 Å². The zero-order valence-corrected chi connectivity index (χ0v) is 16.6. The van der Waals surface area contributed by atoms with E-state index in [4.69, 9.17) is 0 Å². The van der Waals surface area contributed by atoms with Gasteiger partial charge in [0, 0.05) is 51.4 Å². The predicted octanol–water partition coefficient (Wildman–Crippen LogP) is 2.94. The molecule has 0 spiro atoms. The van der Waals surface area contributed by atoms with Crippen LogP contribution in [-0.4, -0.2) is 66.0 Å². The molecular formula is C21H31N5O2. The van der Waals surface area contributed by atoms with Crippen molar-refractivity contribution in [3.05, 3.63) is 18.3 Å². The highest BCUT2D eigenvalue weighted by molar-refractivity contribution is 5.92. The molecule has 2 aliphatic heterocycles. The Morgan fingerprint density at radius 2 is 1.57 bits per heavy atom. The molecule has 0 atom stereocenters. The lowest BCUT2D eigenvalue weighted by Gasteiger charge is -2.37. The van der Waals surface area contributed by atoms with Gasteiger partial charge in [0.05, 0.1) is 5.69 Å². The Morgan fingerprint density at radius 3 is 2.29 bits per heavy atom. The Labute approximate surface area is 167 Å². The lowest BCUT2D eigenvalue weighted by Crippen LogP contribution is -2.53. The van der Waals surface area contributed by atoms with Crippen molar-refractivity contribution in [3.63, 3.8) is 0 Å². The van der Waals surface area contributed by atoms with E-state index < -0.39 is 0 Å². The second kappa shape index (κ2) is 8.80. The summed E-state index contributed by atoms with van der Waals surface area (Å²) in [7, 11) is 0. The fourth-order valence-corrected chi connectivity index (χ4v) is 4.61. The molecule has 3 aliphatic rings. The molecule has 2 saturated heterocycles. The van der Waals surface area contributed by atoms with Crippen molar-refractivity contribution in [1.29, 1.82) is 0 Å². The number of rotatable bonds is 3. The quantitative estimate of drug-likeness (QED) is 0.869. The monoisotopic (exact) mass is 385 g/mol. The van der Waals surface area contributed by atoms with E-state index in [0.29, 0.717) is 32.1 Å². The van der Waals surface area contributed by atoms with Crippen LogP contribution < -0.4 is 10.2 Å². The number of piperazine rings is 1. The van der Waals surface area contributed by atoms with E-state index in [1.165, 1.54) is 32.1 Å². The van der Waals surface area contributed by atoms with Crippen molar-refractivity contribution in [1.82, 2.24) is 14.8 Å². The number of aromatic nitrogens is 1. The molecule has 1 aromatic rings. The molecule has 28 heavy (non-hydrogen) atoms. The van der Waals surface area contributed by atoms with Gasteiger partial charge >= 0.3 is 6.03 Å². The molecule has 7 nitrogen and oxygen atoms in total. The van der Waals surface area contributed by atoms with E-state index in [1.54, 1.807) is 6.20 Å². The van der Waals surface area contributed by atoms with Crippen LogP contribution in [0.15, 0.2) is 18.3 Å². The third-order valence-corrected chi connectivity index (χ3v) is 6.27. The highest BCUT2D eigenvalue weighted by atomic mass is 16.2. The largest absolute Gasteiger partial charge is 0.355 e. The minimum atomic E-state index is -0.0989. The number of carbonyl (C=O) groups is 2. The molecule has 0 bridgehead atoms. The number of nitrogens with zero attached hydrogens (tertiary/aromatic N) is 4. The summed E-state index contributed by atoms with van der Waals surface area (Å²) >= 11 is 0. The number of anilines is 2. The van der Waals surface area contributed by atoms with Gasteiger partial charge in [0.25, 0.3) is 0 Å². The van der Waals surface area contributed by atoms with Gasteiger partial charge in [-0.25, -0.2) is 9.78 Å².